The number of carbonyl (C=O) groups is 1. The molecule has 2 aliphatic rings. The van der Waals surface area contributed by atoms with E-state index in [0.29, 0.717) is 13.1 Å². The highest BCUT2D eigenvalue weighted by molar-refractivity contribution is 7.89. The molecule has 3 rings (SSSR count). The summed E-state index contributed by atoms with van der Waals surface area (Å²) in [6, 6.07) is 5.17. The largest absolute Gasteiger partial charge is 0.353 e. The maximum atomic E-state index is 12.9. The molecule has 0 saturated carbocycles. The molecular formula is C12H14N4O5S. The third-order valence-electron chi connectivity index (χ3n) is 3.97. The molecule has 2 aliphatic heterocycles. The van der Waals surface area contributed by atoms with Crippen molar-refractivity contribution in [2.75, 3.05) is 26.2 Å². The lowest BCUT2D eigenvalue weighted by molar-refractivity contribution is -0.387. The summed E-state index contributed by atoms with van der Waals surface area (Å²) >= 11 is 0. The summed E-state index contributed by atoms with van der Waals surface area (Å²) in [6.45, 7) is 0.648. The Morgan fingerprint density at radius 1 is 1.23 bits per heavy atom. The van der Waals surface area contributed by atoms with Crippen LogP contribution in [0.25, 0.3) is 0 Å². The van der Waals surface area contributed by atoms with Crippen LogP contribution in [0.1, 0.15) is 0 Å². The van der Waals surface area contributed by atoms with Crippen LogP contribution >= 0.6 is 0 Å². The van der Waals surface area contributed by atoms with Crippen LogP contribution < -0.4 is 10.6 Å². The van der Waals surface area contributed by atoms with Crippen molar-refractivity contribution < 1.29 is 18.1 Å². The van der Waals surface area contributed by atoms with E-state index < -0.39 is 32.1 Å². The highest BCUT2D eigenvalue weighted by atomic mass is 32.2. The van der Waals surface area contributed by atoms with Gasteiger partial charge >= 0.3 is 0 Å². The van der Waals surface area contributed by atoms with Gasteiger partial charge in [-0.15, -0.1) is 0 Å². The SMILES string of the molecule is O=C1CN(S(=O)(=O)c2ccccc2[N+](=O)[O-])C2(CNC2)CN1. The van der Waals surface area contributed by atoms with Gasteiger partial charge in [0.2, 0.25) is 5.91 Å². The monoisotopic (exact) mass is 326 g/mol. The number of benzene rings is 1. The average molecular weight is 326 g/mol. The molecule has 1 aromatic rings. The topological polar surface area (TPSA) is 122 Å². The molecule has 0 radical (unpaired) electrons. The van der Waals surface area contributed by atoms with Gasteiger partial charge in [0.1, 0.15) is 0 Å². The fourth-order valence-electron chi connectivity index (χ4n) is 2.71. The minimum atomic E-state index is -4.15. The number of sulfonamides is 1. The second-order valence-electron chi connectivity index (χ2n) is 5.34. The zero-order valence-corrected chi connectivity index (χ0v) is 12.3. The first kappa shape index (κ1) is 14.9. The van der Waals surface area contributed by atoms with Gasteiger partial charge < -0.3 is 10.6 Å². The number of para-hydroxylation sites is 1. The Bertz CT molecular complexity index is 744. The van der Waals surface area contributed by atoms with Gasteiger partial charge in [-0.1, -0.05) is 12.1 Å². The lowest BCUT2D eigenvalue weighted by atomic mass is 9.90. The number of nitro benzene ring substituents is 1. The quantitative estimate of drug-likeness (QED) is 0.546. The number of carbonyl (C=O) groups excluding carboxylic acids is 1. The normalized spacial score (nSPS) is 21.2. The molecule has 2 N–H and O–H groups in total. The second kappa shape index (κ2) is 5.00. The molecule has 1 spiro atoms. The third-order valence-corrected chi connectivity index (χ3v) is 5.97. The number of hydrogen-bond donors (Lipinski definition) is 2. The molecule has 1 amide bonds. The van der Waals surface area contributed by atoms with Crippen molar-refractivity contribution in [3.8, 4) is 0 Å². The van der Waals surface area contributed by atoms with Crippen molar-refractivity contribution in [3.05, 3.63) is 34.4 Å². The number of rotatable bonds is 3. The van der Waals surface area contributed by atoms with E-state index >= 15 is 0 Å². The molecule has 2 saturated heterocycles. The summed E-state index contributed by atoms with van der Waals surface area (Å²) in [5, 5.41) is 16.7. The minimum absolute atomic E-state index is 0.193. The molecule has 1 aromatic carbocycles. The fourth-order valence-corrected chi connectivity index (χ4v) is 4.59. The Balaban J connectivity index is 2.09. The van der Waals surface area contributed by atoms with E-state index in [1.165, 1.54) is 18.2 Å². The molecule has 0 bridgehead atoms. The van der Waals surface area contributed by atoms with Crippen LogP contribution in [0.2, 0.25) is 0 Å². The van der Waals surface area contributed by atoms with E-state index in [1.54, 1.807) is 0 Å². The molecule has 22 heavy (non-hydrogen) atoms. The van der Waals surface area contributed by atoms with Gasteiger partial charge in [0.25, 0.3) is 15.7 Å². The number of amides is 1. The standard InChI is InChI=1S/C12H14N4O5S/c17-11-5-15(12(8-14-11)6-13-7-12)22(20,21)10-4-2-1-3-9(10)16(18)19/h1-4,13H,5-8H2,(H,14,17). The van der Waals surface area contributed by atoms with E-state index in [4.69, 9.17) is 0 Å². The van der Waals surface area contributed by atoms with Crippen LogP contribution in [0.5, 0.6) is 0 Å². The first-order chi connectivity index (χ1) is 10.4. The maximum Gasteiger partial charge on any atom is 0.289 e. The zero-order valence-electron chi connectivity index (χ0n) is 11.5. The number of nitro groups is 1. The first-order valence-electron chi connectivity index (χ1n) is 6.60. The zero-order chi connectivity index (χ0) is 16.0. The Morgan fingerprint density at radius 2 is 1.91 bits per heavy atom. The number of nitrogens with one attached hydrogen (secondary N) is 2. The Labute approximate surface area is 126 Å². The van der Waals surface area contributed by atoms with Crippen LogP contribution in [0, 0.1) is 10.1 Å². The van der Waals surface area contributed by atoms with Gasteiger partial charge in [0.05, 0.1) is 17.0 Å². The molecule has 0 aliphatic carbocycles. The summed E-state index contributed by atoms with van der Waals surface area (Å²) in [4.78, 5) is 21.6. The lowest BCUT2D eigenvalue weighted by Crippen LogP contribution is -2.77. The number of nitrogens with zero attached hydrogens (tertiary/aromatic N) is 2. The molecule has 10 heteroatoms. The van der Waals surface area contributed by atoms with Crippen LogP contribution in [0.15, 0.2) is 29.2 Å². The van der Waals surface area contributed by atoms with E-state index in [0.717, 1.165) is 10.4 Å². The van der Waals surface area contributed by atoms with Gasteiger partial charge in [0, 0.05) is 25.7 Å². The molecule has 0 atom stereocenters. The van der Waals surface area contributed by atoms with Crippen molar-refractivity contribution in [1.29, 1.82) is 0 Å². The van der Waals surface area contributed by atoms with Crippen molar-refractivity contribution in [2.45, 2.75) is 10.4 Å². The summed E-state index contributed by atoms with van der Waals surface area (Å²) in [5.41, 5.74) is -1.24. The molecule has 0 unspecified atom stereocenters. The smallest absolute Gasteiger partial charge is 0.289 e. The van der Waals surface area contributed by atoms with Crippen LogP contribution in [-0.4, -0.2) is 55.3 Å². The van der Waals surface area contributed by atoms with Gasteiger partial charge in [-0.05, 0) is 6.07 Å². The van der Waals surface area contributed by atoms with E-state index in [9.17, 15) is 23.3 Å². The first-order valence-corrected chi connectivity index (χ1v) is 8.05. The third kappa shape index (κ3) is 2.16. The predicted octanol–water partition coefficient (Wildman–Crippen LogP) is -0.943. The summed E-state index contributed by atoms with van der Waals surface area (Å²) < 4.78 is 26.8. The van der Waals surface area contributed by atoms with Crippen LogP contribution in [-0.2, 0) is 14.8 Å². The number of hydrogen-bond acceptors (Lipinski definition) is 6. The van der Waals surface area contributed by atoms with Crippen molar-refractivity contribution in [2.24, 2.45) is 0 Å². The van der Waals surface area contributed by atoms with Gasteiger partial charge in [-0.25, -0.2) is 8.42 Å². The predicted molar refractivity (Wildman–Crippen MR) is 75.6 cm³/mol. The van der Waals surface area contributed by atoms with Crippen molar-refractivity contribution in [3.63, 3.8) is 0 Å². The Hall–Kier alpha value is -2.04. The molecule has 2 fully saturated rings. The van der Waals surface area contributed by atoms with Crippen LogP contribution in [0.3, 0.4) is 0 Å². The van der Waals surface area contributed by atoms with Gasteiger partial charge in [-0.3, -0.25) is 14.9 Å². The average Bonchev–Trinajstić information content (AvgIpc) is 2.45. The fraction of sp³-hybridized carbons (Fsp3) is 0.417. The van der Waals surface area contributed by atoms with E-state index in [-0.39, 0.29) is 18.0 Å². The summed E-state index contributed by atoms with van der Waals surface area (Å²) in [7, 11) is -4.15. The molecule has 118 valence electrons. The number of piperazine rings is 1. The van der Waals surface area contributed by atoms with Gasteiger partial charge in [-0.2, -0.15) is 4.31 Å². The molecule has 9 nitrogen and oxygen atoms in total. The highest BCUT2D eigenvalue weighted by Crippen LogP contribution is 2.33. The second-order valence-corrected chi connectivity index (χ2v) is 7.17. The maximum absolute atomic E-state index is 12.9. The highest BCUT2D eigenvalue weighted by Gasteiger charge is 2.52. The Morgan fingerprint density at radius 3 is 2.50 bits per heavy atom. The van der Waals surface area contributed by atoms with Crippen LogP contribution in [0.4, 0.5) is 5.69 Å². The van der Waals surface area contributed by atoms with Crippen molar-refractivity contribution >= 4 is 21.6 Å². The minimum Gasteiger partial charge on any atom is -0.353 e. The summed E-state index contributed by atoms with van der Waals surface area (Å²) in [5.74, 6) is -0.417. The summed E-state index contributed by atoms with van der Waals surface area (Å²) in [6.07, 6.45) is 0. The Kier molecular flexibility index (Phi) is 3.38. The molecule has 2 heterocycles. The lowest BCUT2D eigenvalue weighted by Gasteiger charge is -2.51. The van der Waals surface area contributed by atoms with E-state index in [2.05, 4.69) is 10.6 Å². The molecule has 0 aromatic heterocycles. The molecular weight excluding hydrogens is 312 g/mol. The van der Waals surface area contributed by atoms with E-state index in [1.807, 2.05) is 0 Å². The van der Waals surface area contributed by atoms with Crippen molar-refractivity contribution in [1.82, 2.24) is 14.9 Å². The van der Waals surface area contributed by atoms with Gasteiger partial charge in [0.15, 0.2) is 4.90 Å².